The van der Waals surface area contributed by atoms with E-state index >= 15 is 0 Å². The van der Waals surface area contributed by atoms with E-state index in [9.17, 15) is 0 Å². The van der Waals surface area contributed by atoms with Crippen molar-refractivity contribution in [2.75, 3.05) is 13.7 Å². The summed E-state index contributed by atoms with van der Waals surface area (Å²) in [6.07, 6.45) is 4.93. The van der Waals surface area contributed by atoms with Crippen molar-refractivity contribution in [3.8, 4) is 5.75 Å². The molecule has 3 unspecified atom stereocenters. The van der Waals surface area contributed by atoms with E-state index in [1.807, 2.05) is 12.1 Å². The average Bonchev–Trinajstić information content (AvgIpc) is 2.47. The molecule has 2 rings (SSSR count). The molecule has 1 saturated heterocycles. The predicted molar refractivity (Wildman–Crippen MR) is 84.2 cm³/mol. The summed E-state index contributed by atoms with van der Waals surface area (Å²) >= 11 is 0. The molecule has 3 atom stereocenters. The molecule has 0 bridgehead atoms. The Kier molecular flexibility index (Phi) is 5.44. The van der Waals surface area contributed by atoms with Gasteiger partial charge in [0.25, 0.3) is 0 Å². The van der Waals surface area contributed by atoms with Gasteiger partial charge >= 0.3 is 0 Å². The van der Waals surface area contributed by atoms with Gasteiger partial charge in [-0.15, -0.1) is 0 Å². The molecule has 112 valence electrons. The SMILES string of the molecule is COc1ccc(CC(C)N2C(C)CCCC2CN)cc1. The van der Waals surface area contributed by atoms with Crippen molar-refractivity contribution in [2.45, 2.75) is 57.7 Å². The summed E-state index contributed by atoms with van der Waals surface area (Å²) in [6.45, 7) is 5.44. The molecule has 1 heterocycles. The van der Waals surface area contributed by atoms with Crippen LogP contribution in [0.2, 0.25) is 0 Å². The topological polar surface area (TPSA) is 38.5 Å². The third-order valence-electron chi connectivity index (χ3n) is 4.56. The van der Waals surface area contributed by atoms with E-state index in [1.165, 1.54) is 24.8 Å². The first kappa shape index (κ1) is 15.3. The molecule has 3 nitrogen and oxygen atoms in total. The smallest absolute Gasteiger partial charge is 0.118 e. The lowest BCUT2D eigenvalue weighted by Crippen LogP contribution is -2.53. The number of hydrogen-bond donors (Lipinski definition) is 1. The van der Waals surface area contributed by atoms with Gasteiger partial charge in [0.2, 0.25) is 0 Å². The van der Waals surface area contributed by atoms with Crippen molar-refractivity contribution in [2.24, 2.45) is 5.73 Å². The number of benzene rings is 1. The summed E-state index contributed by atoms with van der Waals surface area (Å²) in [7, 11) is 1.71. The molecule has 1 aliphatic heterocycles. The number of nitrogens with zero attached hydrogens (tertiary/aromatic N) is 1. The number of methoxy groups -OCH3 is 1. The van der Waals surface area contributed by atoms with Crippen LogP contribution in [0.3, 0.4) is 0 Å². The first-order chi connectivity index (χ1) is 9.65. The lowest BCUT2D eigenvalue weighted by atomic mass is 9.92. The van der Waals surface area contributed by atoms with Crippen LogP contribution in [0.15, 0.2) is 24.3 Å². The molecule has 0 spiro atoms. The van der Waals surface area contributed by atoms with Crippen LogP contribution in [-0.4, -0.2) is 36.7 Å². The van der Waals surface area contributed by atoms with Gasteiger partial charge in [-0.1, -0.05) is 18.6 Å². The molecule has 3 heteroatoms. The Labute approximate surface area is 123 Å². The first-order valence-electron chi connectivity index (χ1n) is 7.76. The maximum atomic E-state index is 5.97. The van der Waals surface area contributed by atoms with Crippen molar-refractivity contribution in [3.63, 3.8) is 0 Å². The summed E-state index contributed by atoms with van der Waals surface area (Å²) in [4.78, 5) is 2.63. The Bertz CT molecular complexity index is 404. The van der Waals surface area contributed by atoms with Gasteiger partial charge in [-0.2, -0.15) is 0 Å². The summed E-state index contributed by atoms with van der Waals surface area (Å²) in [5.41, 5.74) is 7.33. The van der Waals surface area contributed by atoms with Crippen LogP contribution in [0.1, 0.15) is 38.7 Å². The largest absolute Gasteiger partial charge is 0.497 e. The minimum absolute atomic E-state index is 0.534. The molecule has 1 aromatic carbocycles. The van der Waals surface area contributed by atoms with Crippen molar-refractivity contribution in [1.82, 2.24) is 4.90 Å². The highest BCUT2D eigenvalue weighted by Crippen LogP contribution is 2.26. The predicted octanol–water partition coefficient (Wildman–Crippen LogP) is 2.83. The zero-order valence-electron chi connectivity index (χ0n) is 13.0. The van der Waals surface area contributed by atoms with Crippen LogP contribution in [0.4, 0.5) is 0 Å². The van der Waals surface area contributed by atoms with Crippen molar-refractivity contribution in [3.05, 3.63) is 29.8 Å². The summed E-state index contributed by atoms with van der Waals surface area (Å²) < 4.78 is 5.22. The second-order valence-electron chi connectivity index (χ2n) is 6.02. The number of ether oxygens (including phenoxy) is 1. The molecule has 2 N–H and O–H groups in total. The number of hydrogen-bond acceptors (Lipinski definition) is 3. The number of rotatable bonds is 5. The van der Waals surface area contributed by atoms with Crippen molar-refractivity contribution in [1.29, 1.82) is 0 Å². The minimum Gasteiger partial charge on any atom is -0.497 e. The molecular weight excluding hydrogens is 248 g/mol. The summed E-state index contributed by atoms with van der Waals surface area (Å²) in [5, 5.41) is 0. The van der Waals surface area contributed by atoms with E-state index in [-0.39, 0.29) is 0 Å². The normalized spacial score (nSPS) is 25.4. The highest BCUT2D eigenvalue weighted by Gasteiger charge is 2.30. The van der Waals surface area contributed by atoms with Gasteiger partial charge < -0.3 is 10.5 Å². The van der Waals surface area contributed by atoms with Crippen LogP contribution < -0.4 is 10.5 Å². The van der Waals surface area contributed by atoms with Crippen LogP contribution in [0.5, 0.6) is 5.75 Å². The summed E-state index contributed by atoms with van der Waals surface area (Å²) in [6, 6.07) is 10.2. The Morgan fingerprint density at radius 1 is 1.30 bits per heavy atom. The Balaban J connectivity index is 2.02. The highest BCUT2D eigenvalue weighted by atomic mass is 16.5. The van der Waals surface area contributed by atoms with E-state index < -0.39 is 0 Å². The molecule has 1 aliphatic rings. The fourth-order valence-electron chi connectivity index (χ4n) is 3.55. The second kappa shape index (κ2) is 7.09. The molecule has 0 aromatic heterocycles. The average molecular weight is 276 g/mol. The molecule has 0 amide bonds. The van der Waals surface area contributed by atoms with Gasteiger partial charge in [-0.25, -0.2) is 0 Å². The van der Waals surface area contributed by atoms with Crippen LogP contribution in [0, 0.1) is 0 Å². The quantitative estimate of drug-likeness (QED) is 0.898. The highest BCUT2D eigenvalue weighted by molar-refractivity contribution is 5.27. The fourth-order valence-corrected chi connectivity index (χ4v) is 3.55. The van der Waals surface area contributed by atoms with Crippen LogP contribution in [-0.2, 0) is 6.42 Å². The van der Waals surface area contributed by atoms with E-state index in [2.05, 4.69) is 30.9 Å². The van der Waals surface area contributed by atoms with Gasteiger partial charge in [0.05, 0.1) is 7.11 Å². The lowest BCUT2D eigenvalue weighted by molar-refractivity contribution is 0.0576. The van der Waals surface area contributed by atoms with E-state index in [0.29, 0.717) is 18.1 Å². The van der Waals surface area contributed by atoms with Crippen molar-refractivity contribution >= 4 is 0 Å². The third kappa shape index (κ3) is 3.53. The molecule has 20 heavy (non-hydrogen) atoms. The van der Waals surface area contributed by atoms with Gasteiger partial charge in [0, 0.05) is 24.7 Å². The van der Waals surface area contributed by atoms with E-state index in [1.54, 1.807) is 7.11 Å². The Morgan fingerprint density at radius 2 is 2.00 bits per heavy atom. The van der Waals surface area contributed by atoms with Gasteiger partial charge in [0.15, 0.2) is 0 Å². The van der Waals surface area contributed by atoms with Gasteiger partial charge in [-0.3, -0.25) is 4.90 Å². The minimum atomic E-state index is 0.534. The molecular formula is C17H28N2O. The number of piperidine rings is 1. The van der Waals surface area contributed by atoms with E-state index in [4.69, 9.17) is 10.5 Å². The number of nitrogens with two attached hydrogens (primary N) is 1. The zero-order chi connectivity index (χ0) is 14.5. The Hall–Kier alpha value is -1.06. The van der Waals surface area contributed by atoms with E-state index in [0.717, 1.165) is 18.7 Å². The molecule has 0 radical (unpaired) electrons. The molecule has 1 fully saturated rings. The summed E-state index contributed by atoms with van der Waals surface area (Å²) in [5.74, 6) is 0.924. The third-order valence-corrected chi connectivity index (χ3v) is 4.56. The lowest BCUT2D eigenvalue weighted by Gasteiger charge is -2.44. The standard InChI is InChI=1S/C17H28N2O/c1-13-5-4-6-16(12-18)19(13)14(2)11-15-7-9-17(20-3)10-8-15/h7-10,13-14,16H,4-6,11-12,18H2,1-3H3. The Morgan fingerprint density at radius 3 is 2.60 bits per heavy atom. The van der Waals surface area contributed by atoms with Gasteiger partial charge in [-0.05, 0) is 50.8 Å². The van der Waals surface area contributed by atoms with Crippen LogP contribution in [0.25, 0.3) is 0 Å². The second-order valence-corrected chi connectivity index (χ2v) is 6.02. The zero-order valence-corrected chi connectivity index (χ0v) is 13.0. The van der Waals surface area contributed by atoms with Crippen molar-refractivity contribution < 1.29 is 4.74 Å². The first-order valence-corrected chi connectivity index (χ1v) is 7.76. The maximum absolute atomic E-state index is 5.97. The molecule has 0 saturated carbocycles. The number of likely N-dealkylation sites (tertiary alicyclic amines) is 1. The fraction of sp³-hybridized carbons (Fsp3) is 0.647. The monoisotopic (exact) mass is 276 g/mol. The van der Waals surface area contributed by atoms with Crippen LogP contribution >= 0.6 is 0 Å². The van der Waals surface area contributed by atoms with Gasteiger partial charge in [0.1, 0.15) is 5.75 Å². The molecule has 0 aliphatic carbocycles. The molecule has 1 aromatic rings. The maximum Gasteiger partial charge on any atom is 0.118 e.